The third-order valence-electron chi connectivity index (χ3n) is 2.71. The molecule has 0 bridgehead atoms. The number of rotatable bonds is 6. The normalized spacial score (nSPS) is 10.4. The molecule has 0 saturated carbocycles. The first kappa shape index (κ1) is 13.7. The van der Waals surface area contributed by atoms with Gasteiger partial charge in [-0.2, -0.15) is 0 Å². The molecule has 5 heteroatoms. The number of pyridine rings is 1. The summed E-state index contributed by atoms with van der Waals surface area (Å²) in [5.41, 5.74) is 1.07. The molecule has 0 fully saturated rings. The van der Waals surface area contributed by atoms with Crippen molar-refractivity contribution in [1.82, 2.24) is 9.88 Å². The van der Waals surface area contributed by atoms with Crippen LogP contribution in [0, 0.1) is 0 Å². The minimum absolute atomic E-state index is 0.0452. The lowest BCUT2D eigenvalue weighted by Gasteiger charge is -2.21. The van der Waals surface area contributed by atoms with Crippen LogP contribution in [0.5, 0.6) is 0 Å². The zero-order valence-electron chi connectivity index (χ0n) is 10.8. The van der Waals surface area contributed by atoms with Gasteiger partial charge in [0.05, 0.1) is 11.5 Å². The molecule has 0 unspecified atom stereocenters. The third kappa shape index (κ3) is 3.87. The molecule has 2 aromatic rings. The maximum Gasteiger partial charge on any atom is 0.264 e. The van der Waals surface area contributed by atoms with Gasteiger partial charge < -0.3 is 9.64 Å². The second kappa shape index (κ2) is 7.01. The molecule has 0 atom stereocenters. The Bertz CT molecular complexity index is 499. The van der Waals surface area contributed by atoms with Crippen molar-refractivity contribution in [2.75, 3.05) is 20.3 Å². The predicted octanol–water partition coefficient (Wildman–Crippen LogP) is 2.43. The number of carbonyl (C=O) groups is 1. The quantitative estimate of drug-likeness (QED) is 0.814. The SMILES string of the molecule is COCCN(Cc1ccncc1)C(=O)c1cccs1. The van der Waals surface area contributed by atoms with E-state index in [1.807, 2.05) is 29.6 Å². The lowest BCUT2D eigenvalue weighted by Crippen LogP contribution is -2.33. The average Bonchev–Trinajstić information content (AvgIpc) is 2.98. The highest BCUT2D eigenvalue weighted by atomic mass is 32.1. The van der Waals surface area contributed by atoms with Gasteiger partial charge >= 0.3 is 0 Å². The van der Waals surface area contributed by atoms with Gasteiger partial charge in [-0.3, -0.25) is 9.78 Å². The molecule has 2 rings (SSSR count). The minimum atomic E-state index is 0.0452. The highest BCUT2D eigenvalue weighted by molar-refractivity contribution is 7.12. The number of hydrogen-bond donors (Lipinski definition) is 0. The summed E-state index contributed by atoms with van der Waals surface area (Å²) >= 11 is 1.46. The van der Waals surface area contributed by atoms with Crippen molar-refractivity contribution >= 4 is 17.2 Å². The summed E-state index contributed by atoms with van der Waals surface area (Å²) in [7, 11) is 1.64. The summed E-state index contributed by atoms with van der Waals surface area (Å²) in [6.07, 6.45) is 3.47. The fraction of sp³-hybridized carbons (Fsp3) is 0.286. The molecule has 0 aromatic carbocycles. The molecule has 0 N–H and O–H groups in total. The van der Waals surface area contributed by atoms with Crippen molar-refractivity contribution in [1.29, 1.82) is 0 Å². The van der Waals surface area contributed by atoms with Crippen molar-refractivity contribution < 1.29 is 9.53 Å². The number of nitrogens with zero attached hydrogens (tertiary/aromatic N) is 2. The molecule has 0 aliphatic heterocycles. The Kier molecular flexibility index (Phi) is 5.06. The topological polar surface area (TPSA) is 42.4 Å². The molecular weight excluding hydrogens is 260 g/mol. The molecule has 2 heterocycles. The Morgan fingerprint density at radius 1 is 1.37 bits per heavy atom. The van der Waals surface area contributed by atoms with Crippen molar-refractivity contribution in [2.45, 2.75) is 6.54 Å². The Labute approximate surface area is 116 Å². The highest BCUT2D eigenvalue weighted by Gasteiger charge is 2.16. The van der Waals surface area contributed by atoms with Gasteiger partial charge in [-0.05, 0) is 29.1 Å². The first-order valence-electron chi connectivity index (χ1n) is 6.02. The monoisotopic (exact) mass is 276 g/mol. The molecule has 0 spiro atoms. The molecular formula is C14H16N2O2S. The maximum absolute atomic E-state index is 12.4. The van der Waals surface area contributed by atoms with Gasteiger partial charge in [0.25, 0.3) is 5.91 Å². The van der Waals surface area contributed by atoms with E-state index in [-0.39, 0.29) is 5.91 Å². The third-order valence-corrected chi connectivity index (χ3v) is 3.57. The van der Waals surface area contributed by atoms with Crippen molar-refractivity contribution in [3.8, 4) is 0 Å². The van der Waals surface area contributed by atoms with Crippen LogP contribution in [0.4, 0.5) is 0 Å². The van der Waals surface area contributed by atoms with Gasteiger partial charge in [0.2, 0.25) is 0 Å². The van der Waals surface area contributed by atoms with Crippen LogP contribution in [0.25, 0.3) is 0 Å². The molecule has 0 aliphatic rings. The second-order valence-electron chi connectivity index (χ2n) is 4.05. The number of amides is 1. The number of carbonyl (C=O) groups excluding carboxylic acids is 1. The fourth-order valence-corrected chi connectivity index (χ4v) is 2.41. The van der Waals surface area contributed by atoms with Crippen molar-refractivity contribution in [3.63, 3.8) is 0 Å². The van der Waals surface area contributed by atoms with E-state index in [1.165, 1.54) is 11.3 Å². The zero-order chi connectivity index (χ0) is 13.5. The van der Waals surface area contributed by atoms with Crippen molar-refractivity contribution in [2.24, 2.45) is 0 Å². The molecule has 2 aromatic heterocycles. The van der Waals surface area contributed by atoms with E-state index in [4.69, 9.17) is 4.74 Å². The Morgan fingerprint density at radius 2 is 2.16 bits per heavy atom. The average molecular weight is 276 g/mol. The van der Waals surface area contributed by atoms with E-state index < -0.39 is 0 Å². The van der Waals surface area contributed by atoms with E-state index in [0.29, 0.717) is 19.7 Å². The standard InChI is InChI=1S/C14H16N2O2S/c1-18-9-8-16(11-12-4-6-15-7-5-12)14(17)13-3-2-10-19-13/h2-7,10H,8-9,11H2,1H3. The maximum atomic E-state index is 12.4. The van der Waals surface area contributed by atoms with E-state index in [2.05, 4.69) is 4.98 Å². The van der Waals surface area contributed by atoms with E-state index in [9.17, 15) is 4.79 Å². The summed E-state index contributed by atoms with van der Waals surface area (Å²) in [5.74, 6) is 0.0452. The highest BCUT2D eigenvalue weighted by Crippen LogP contribution is 2.14. The summed E-state index contributed by atoms with van der Waals surface area (Å²) in [6, 6.07) is 7.57. The Balaban J connectivity index is 2.09. The molecule has 100 valence electrons. The first-order valence-corrected chi connectivity index (χ1v) is 6.90. The van der Waals surface area contributed by atoms with E-state index >= 15 is 0 Å². The Hall–Kier alpha value is -1.72. The largest absolute Gasteiger partial charge is 0.383 e. The number of thiophene rings is 1. The Morgan fingerprint density at radius 3 is 2.79 bits per heavy atom. The summed E-state index contributed by atoms with van der Waals surface area (Å²) in [6.45, 7) is 1.68. The molecule has 19 heavy (non-hydrogen) atoms. The van der Waals surface area contributed by atoms with Crippen LogP contribution in [0.1, 0.15) is 15.2 Å². The molecule has 1 amide bonds. The number of methoxy groups -OCH3 is 1. The summed E-state index contributed by atoms with van der Waals surface area (Å²) < 4.78 is 5.07. The van der Waals surface area contributed by atoms with Crippen LogP contribution in [-0.4, -0.2) is 36.1 Å². The lowest BCUT2D eigenvalue weighted by atomic mass is 10.2. The van der Waals surface area contributed by atoms with Crippen LogP contribution in [0.3, 0.4) is 0 Å². The minimum Gasteiger partial charge on any atom is -0.383 e. The smallest absolute Gasteiger partial charge is 0.264 e. The van der Waals surface area contributed by atoms with E-state index in [0.717, 1.165) is 10.4 Å². The van der Waals surface area contributed by atoms with Gasteiger partial charge in [0.1, 0.15) is 0 Å². The van der Waals surface area contributed by atoms with Gasteiger partial charge in [-0.15, -0.1) is 11.3 Å². The second-order valence-corrected chi connectivity index (χ2v) is 5.00. The van der Waals surface area contributed by atoms with Gasteiger partial charge in [0.15, 0.2) is 0 Å². The van der Waals surface area contributed by atoms with Crippen LogP contribution >= 0.6 is 11.3 Å². The van der Waals surface area contributed by atoms with Gasteiger partial charge in [0, 0.05) is 32.6 Å². The number of ether oxygens (including phenoxy) is 1. The molecule has 0 radical (unpaired) electrons. The summed E-state index contributed by atoms with van der Waals surface area (Å²) in [5, 5.41) is 1.91. The predicted molar refractivity (Wildman–Crippen MR) is 75.2 cm³/mol. The van der Waals surface area contributed by atoms with E-state index in [1.54, 1.807) is 24.4 Å². The van der Waals surface area contributed by atoms with Crippen LogP contribution in [0.2, 0.25) is 0 Å². The lowest BCUT2D eigenvalue weighted by molar-refractivity contribution is 0.0685. The first-order chi connectivity index (χ1) is 9.31. The summed E-state index contributed by atoms with van der Waals surface area (Å²) in [4.78, 5) is 18.9. The van der Waals surface area contributed by atoms with Gasteiger partial charge in [-0.1, -0.05) is 6.07 Å². The zero-order valence-corrected chi connectivity index (χ0v) is 11.6. The van der Waals surface area contributed by atoms with Crippen LogP contribution in [-0.2, 0) is 11.3 Å². The van der Waals surface area contributed by atoms with Crippen LogP contribution < -0.4 is 0 Å². The molecule has 0 aliphatic carbocycles. The number of aromatic nitrogens is 1. The van der Waals surface area contributed by atoms with Gasteiger partial charge in [-0.25, -0.2) is 0 Å². The molecule has 0 saturated heterocycles. The fourth-order valence-electron chi connectivity index (χ4n) is 1.72. The van der Waals surface area contributed by atoms with Crippen molar-refractivity contribution in [3.05, 3.63) is 52.5 Å². The van der Waals surface area contributed by atoms with Crippen LogP contribution in [0.15, 0.2) is 42.0 Å². The molecule has 4 nitrogen and oxygen atoms in total. The number of hydrogen-bond acceptors (Lipinski definition) is 4.